The van der Waals surface area contributed by atoms with Gasteiger partial charge in [-0.15, -0.1) is 0 Å². The lowest BCUT2D eigenvalue weighted by Crippen LogP contribution is -2.09. The van der Waals surface area contributed by atoms with Crippen molar-refractivity contribution in [3.63, 3.8) is 0 Å². The molecule has 48 heavy (non-hydrogen) atoms. The Morgan fingerprint density at radius 3 is 1.58 bits per heavy atom. The van der Waals surface area contributed by atoms with E-state index in [4.69, 9.17) is 0 Å². The third-order valence-electron chi connectivity index (χ3n) is 9.35. The van der Waals surface area contributed by atoms with Crippen LogP contribution in [0.15, 0.2) is 194 Å². The van der Waals surface area contributed by atoms with Gasteiger partial charge in [0, 0.05) is 33.5 Å². The Hall–Kier alpha value is -6.38. The van der Waals surface area contributed by atoms with Gasteiger partial charge in [0.1, 0.15) is 0 Å². The van der Waals surface area contributed by atoms with Crippen molar-refractivity contribution < 1.29 is 0 Å². The second-order valence-electron chi connectivity index (χ2n) is 12.2. The number of fused-ring (bicyclic) bond motifs is 4. The molecule has 2 heteroatoms. The molecule has 0 amide bonds. The zero-order valence-electron chi connectivity index (χ0n) is 26.4. The summed E-state index contributed by atoms with van der Waals surface area (Å²) in [4.78, 5) is 2.34. The summed E-state index contributed by atoms with van der Waals surface area (Å²) in [6, 6.07) is 69.9. The minimum absolute atomic E-state index is 1.11. The molecule has 2 nitrogen and oxygen atoms in total. The van der Waals surface area contributed by atoms with Gasteiger partial charge < -0.3 is 9.47 Å². The summed E-state index contributed by atoms with van der Waals surface area (Å²) in [7, 11) is 0. The van der Waals surface area contributed by atoms with Crippen LogP contribution in [0.4, 0.5) is 17.1 Å². The van der Waals surface area contributed by atoms with Gasteiger partial charge in [0.2, 0.25) is 0 Å². The Balaban J connectivity index is 1.18. The Bertz CT molecular complexity index is 2490. The van der Waals surface area contributed by atoms with Crippen molar-refractivity contribution in [3.8, 4) is 27.9 Å². The average molecular weight is 613 g/mol. The monoisotopic (exact) mass is 612 g/mol. The first-order valence-corrected chi connectivity index (χ1v) is 16.4. The summed E-state index contributed by atoms with van der Waals surface area (Å²) in [5.74, 6) is 0. The van der Waals surface area contributed by atoms with E-state index in [1.54, 1.807) is 0 Å². The van der Waals surface area contributed by atoms with E-state index in [9.17, 15) is 0 Å². The van der Waals surface area contributed by atoms with E-state index in [-0.39, 0.29) is 0 Å². The number of aromatic nitrogens is 1. The van der Waals surface area contributed by atoms with Crippen molar-refractivity contribution in [2.45, 2.75) is 0 Å². The molecule has 0 N–H and O–H groups in total. The standard InChI is InChI=1S/C46H32N2/c1-3-14-33(15-4-1)35-17-13-20-39(30-35)47(37-18-5-2-6-19-37)38-28-26-34(27-29-38)44-32-40(31-36-16-7-8-21-41(36)44)48-45-24-11-9-22-42(45)43-23-10-12-25-46(43)48/h1-32H. The lowest BCUT2D eigenvalue weighted by Gasteiger charge is -2.26. The van der Waals surface area contributed by atoms with Crippen LogP contribution < -0.4 is 4.90 Å². The molecule has 9 aromatic rings. The maximum Gasteiger partial charge on any atom is 0.0541 e. The van der Waals surface area contributed by atoms with Gasteiger partial charge in [0.15, 0.2) is 0 Å². The number of nitrogens with zero attached hydrogens (tertiary/aromatic N) is 2. The second kappa shape index (κ2) is 11.8. The fraction of sp³-hybridized carbons (Fsp3) is 0. The van der Waals surface area contributed by atoms with Crippen LogP contribution in [0.3, 0.4) is 0 Å². The highest BCUT2D eigenvalue weighted by molar-refractivity contribution is 6.10. The van der Waals surface area contributed by atoms with Crippen LogP contribution in [-0.2, 0) is 0 Å². The van der Waals surface area contributed by atoms with Gasteiger partial charge in [-0.05, 0) is 93.7 Å². The lowest BCUT2D eigenvalue weighted by molar-refractivity contribution is 1.19. The normalized spacial score (nSPS) is 11.3. The summed E-state index contributed by atoms with van der Waals surface area (Å²) >= 11 is 0. The van der Waals surface area contributed by atoms with Crippen LogP contribution in [0.25, 0.3) is 60.5 Å². The van der Waals surface area contributed by atoms with Crippen molar-refractivity contribution in [2.24, 2.45) is 0 Å². The van der Waals surface area contributed by atoms with Gasteiger partial charge in [-0.1, -0.05) is 133 Å². The molecule has 9 rings (SSSR count). The predicted molar refractivity (Wildman–Crippen MR) is 204 cm³/mol. The highest BCUT2D eigenvalue weighted by Crippen LogP contribution is 2.40. The van der Waals surface area contributed by atoms with Crippen LogP contribution in [0, 0.1) is 0 Å². The second-order valence-corrected chi connectivity index (χ2v) is 12.2. The Morgan fingerprint density at radius 2 is 0.875 bits per heavy atom. The molecule has 0 unspecified atom stereocenters. The van der Waals surface area contributed by atoms with Crippen LogP contribution in [0.5, 0.6) is 0 Å². The summed E-state index contributed by atoms with van der Waals surface area (Å²) < 4.78 is 2.41. The van der Waals surface area contributed by atoms with E-state index < -0.39 is 0 Å². The van der Waals surface area contributed by atoms with E-state index in [0.717, 1.165) is 22.7 Å². The first-order valence-electron chi connectivity index (χ1n) is 16.4. The van der Waals surface area contributed by atoms with Gasteiger partial charge in [0.25, 0.3) is 0 Å². The molecule has 0 saturated carbocycles. The third-order valence-corrected chi connectivity index (χ3v) is 9.35. The Labute approximate surface area is 280 Å². The smallest absolute Gasteiger partial charge is 0.0541 e. The summed E-state index contributed by atoms with van der Waals surface area (Å²) in [5.41, 5.74) is 11.7. The van der Waals surface area contributed by atoms with Crippen LogP contribution in [0.1, 0.15) is 0 Å². The van der Waals surface area contributed by atoms with Gasteiger partial charge in [0.05, 0.1) is 11.0 Å². The van der Waals surface area contributed by atoms with E-state index in [2.05, 4.69) is 204 Å². The van der Waals surface area contributed by atoms with Crippen molar-refractivity contribution in [2.75, 3.05) is 4.90 Å². The quantitative estimate of drug-likeness (QED) is 0.181. The molecule has 0 saturated heterocycles. The first-order chi connectivity index (χ1) is 23.8. The van der Waals surface area contributed by atoms with E-state index in [0.29, 0.717) is 0 Å². The summed E-state index contributed by atoms with van der Waals surface area (Å²) in [6.07, 6.45) is 0. The zero-order valence-corrected chi connectivity index (χ0v) is 26.4. The summed E-state index contributed by atoms with van der Waals surface area (Å²) in [6.45, 7) is 0. The number of benzene rings is 8. The van der Waals surface area contributed by atoms with E-state index in [1.165, 1.54) is 54.8 Å². The topological polar surface area (TPSA) is 8.17 Å². The van der Waals surface area contributed by atoms with Crippen molar-refractivity contribution in [3.05, 3.63) is 194 Å². The molecule has 226 valence electrons. The SMILES string of the molecule is c1ccc(-c2cccc(N(c3ccccc3)c3ccc(-c4cc(-n5c6ccccc6c6ccccc65)cc5ccccc45)cc3)c2)cc1. The van der Waals surface area contributed by atoms with Gasteiger partial charge in [-0.25, -0.2) is 0 Å². The molecule has 1 aromatic heterocycles. The summed E-state index contributed by atoms with van der Waals surface area (Å²) in [5, 5.41) is 5.00. The fourth-order valence-electron chi connectivity index (χ4n) is 7.13. The molecular formula is C46H32N2. The average Bonchev–Trinajstić information content (AvgIpc) is 3.50. The first kappa shape index (κ1) is 27.9. The van der Waals surface area contributed by atoms with Crippen molar-refractivity contribution in [1.82, 2.24) is 4.57 Å². The molecule has 0 aliphatic carbocycles. The van der Waals surface area contributed by atoms with Crippen molar-refractivity contribution >= 4 is 49.6 Å². The number of para-hydroxylation sites is 3. The third kappa shape index (κ3) is 4.83. The number of hydrogen-bond donors (Lipinski definition) is 0. The number of anilines is 3. The molecule has 0 bridgehead atoms. The van der Waals surface area contributed by atoms with E-state index >= 15 is 0 Å². The van der Waals surface area contributed by atoms with Crippen molar-refractivity contribution in [1.29, 1.82) is 0 Å². The Morgan fingerprint density at radius 1 is 0.333 bits per heavy atom. The lowest BCUT2D eigenvalue weighted by atomic mass is 9.96. The maximum atomic E-state index is 2.41. The maximum absolute atomic E-state index is 2.41. The zero-order chi connectivity index (χ0) is 31.9. The fourth-order valence-corrected chi connectivity index (χ4v) is 7.13. The van der Waals surface area contributed by atoms with Gasteiger partial charge in [-0.3, -0.25) is 0 Å². The predicted octanol–water partition coefficient (Wildman–Crippen LogP) is 12.7. The minimum atomic E-state index is 1.11. The molecule has 0 fully saturated rings. The highest BCUT2D eigenvalue weighted by Gasteiger charge is 2.16. The molecule has 0 aliphatic rings. The van der Waals surface area contributed by atoms with Crippen LogP contribution >= 0.6 is 0 Å². The van der Waals surface area contributed by atoms with Crippen LogP contribution in [-0.4, -0.2) is 4.57 Å². The highest BCUT2D eigenvalue weighted by atomic mass is 15.1. The number of hydrogen-bond acceptors (Lipinski definition) is 1. The minimum Gasteiger partial charge on any atom is -0.310 e. The molecule has 1 heterocycles. The van der Waals surface area contributed by atoms with Gasteiger partial charge in [-0.2, -0.15) is 0 Å². The molecule has 0 spiro atoms. The van der Waals surface area contributed by atoms with E-state index in [1.807, 2.05) is 0 Å². The molecule has 8 aromatic carbocycles. The largest absolute Gasteiger partial charge is 0.310 e. The number of rotatable bonds is 6. The molecular weight excluding hydrogens is 581 g/mol. The van der Waals surface area contributed by atoms with Crippen LogP contribution in [0.2, 0.25) is 0 Å². The Kier molecular flexibility index (Phi) is 6.84. The molecule has 0 atom stereocenters. The van der Waals surface area contributed by atoms with Gasteiger partial charge >= 0.3 is 0 Å². The molecule has 0 radical (unpaired) electrons. The molecule has 0 aliphatic heterocycles.